The Bertz CT molecular complexity index is 564. The number of halogens is 1. The van der Waals surface area contributed by atoms with Crippen molar-refractivity contribution < 1.29 is 0 Å². The number of para-hydroxylation sites is 1. The molecule has 0 aliphatic carbocycles. The van der Waals surface area contributed by atoms with Crippen molar-refractivity contribution in [1.82, 2.24) is 0 Å². The highest BCUT2D eigenvalue weighted by atomic mass is 35.5. The van der Waals surface area contributed by atoms with Crippen LogP contribution in [-0.4, -0.2) is 5.71 Å². The fourth-order valence-electron chi connectivity index (χ4n) is 1.65. The minimum Gasteiger partial charge on any atom is -0.398 e. The van der Waals surface area contributed by atoms with Gasteiger partial charge < -0.3 is 11.6 Å². The number of hydrogen-bond donors (Lipinski definition) is 2. The molecule has 0 fully saturated rings. The molecule has 0 bridgehead atoms. The van der Waals surface area contributed by atoms with Crippen molar-refractivity contribution in [3.63, 3.8) is 0 Å². The number of hydrazone groups is 1. The molecule has 0 unspecified atom stereocenters. The molecule has 4 heteroatoms. The SMILES string of the molecule is NN=C(c1cccc(Cl)c1)c1ccccc1N. The van der Waals surface area contributed by atoms with Crippen LogP contribution < -0.4 is 11.6 Å². The molecule has 0 heterocycles. The zero-order valence-electron chi connectivity index (χ0n) is 9.10. The molecular weight excluding hydrogens is 234 g/mol. The van der Waals surface area contributed by atoms with E-state index in [0.29, 0.717) is 16.4 Å². The van der Waals surface area contributed by atoms with Gasteiger partial charge >= 0.3 is 0 Å². The van der Waals surface area contributed by atoms with E-state index in [4.69, 9.17) is 23.2 Å². The van der Waals surface area contributed by atoms with Crippen LogP contribution in [-0.2, 0) is 0 Å². The van der Waals surface area contributed by atoms with Crippen LogP contribution in [0.15, 0.2) is 53.6 Å². The summed E-state index contributed by atoms with van der Waals surface area (Å²) in [5.41, 5.74) is 8.82. The normalized spacial score (nSPS) is 11.5. The predicted molar refractivity (Wildman–Crippen MR) is 72.1 cm³/mol. The van der Waals surface area contributed by atoms with Crippen LogP contribution in [0, 0.1) is 0 Å². The molecule has 0 radical (unpaired) electrons. The van der Waals surface area contributed by atoms with Gasteiger partial charge in [0.05, 0.1) is 5.71 Å². The first-order chi connectivity index (χ1) is 8.22. The van der Waals surface area contributed by atoms with Crippen LogP contribution in [0.5, 0.6) is 0 Å². The molecule has 0 saturated carbocycles. The summed E-state index contributed by atoms with van der Waals surface area (Å²) in [7, 11) is 0. The molecule has 4 N–H and O–H groups in total. The van der Waals surface area contributed by atoms with Gasteiger partial charge in [-0.15, -0.1) is 0 Å². The summed E-state index contributed by atoms with van der Waals surface area (Å²) >= 11 is 5.95. The average molecular weight is 246 g/mol. The summed E-state index contributed by atoms with van der Waals surface area (Å²) in [4.78, 5) is 0. The molecule has 2 aromatic rings. The van der Waals surface area contributed by atoms with Crippen LogP contribution in [0.2, 0.25) is 5.02 Å². The first kappa shape index (κ1) is 11.5. The van der Waals surface area contributed by atoms with E-state index in [-0.39, 0.29) is 0 Å². The van der Waals surface area contributed by atoms with Gasteiger partial charge in [0.15, 0.2) is 0 Å². The predicted octanol–water partition coefficient (Wildman–Crippen LogP) is 2.63. The lowest BCUT2D eigenvalue weighted by Crippen LogP contribution is -2.09. The topological polar surface area (TPSA) is 64.4 Å². The summed E-state index contributed by atoms with van der Waals surface area (Å²) in [6, 6.07) is 14.8. The molecule has 17 heavy (non-hydrogen) atoms. The van der Waals surface area contributed by atoms with Gasteiger partial charge in [0.2, 0.25) is 0 Å². The van der Waals surface area contributed by atoms with E-state index >= 15 is 0 Å². The summed E-state index contributed by atoms with van der Waals surface area (Å²) in [6.07, 6.45) is 0. The number of anilines is 1. The highest BCUT2D eigenvalue weighted by Gasteiger charge is 2.09. The number of nitrogens with zero attached hydrogens (tertiary/aromatic N) is 1. The first-order valence-corrected chi connectivity index (χ1v) is 5.49. The third kappa shape index (κ3) is 2.40. The minimum absolute atomic E-state index is 0.630. The van der Waals surface area contributed by atoms with Crippen LogP contribution >= 0.6 is 11.6 Å². The fourth-order valence-corrected chi connectivity index (χ4v) is 1.84. The van der Waals surface area contributed by atoms with Crippen molar-refractivity contribution in [1.29, 1.82) is 0 Å². The zero-order chi connectivity index (χ0) is 12.3. The standard InChI is InChI=1S/C13H12ClN3/c14-10-5-3-4-9(8-10)13(17-16)11-6-1-2-7-12(11)15/h1-8H,15-16H2. The van der Waals surface area contributed by atoms with E-state index < -0.39 is 0 Å². The number of nitrogen functional groups attached to an aromatic ring is 1. The first-order valence-electron chi connectivity index (χ1n) is 5.11. The summed E-state index contributed by atoms with van der Waals surface area (Å²) < 4.78 is 0. The molecule has 2 rings (SSSR count). The monoisotopic (exact) mass is 245 g/mol. The van der Waals surface area contributed by atoms with Crippen molar-refractivity contribution in [2.75, 3.05) is 5.73 Å². The molecule has 0 aliphatic heterocycles. The fraction of sp³-hybridized carbons (Fsp3) is 0. The van der Waals surface area contributed by atoms with E-state index in [1.165, 1.54) is 0 Å². The number of hydrogen-bond acceptors (Lipinski definition) is 3. The maximum absolute atomic E-state index is 5.95. The van der Waals surface area contributed by atoms with E-state index in [9.17, 15) is 0 Å². The Morgan fingerprint density at radius 3 is 2.47 bits per heavy atom. The molecule has 0 aromatic heterocycles. The van der Waals surface area contributed by atoms with E-state index in [1.807, 2.05) is 36.4 Å². The Kier molecular flexibility index (Phi) is 3.30. The smallest absolute Gasteiger partial charge is 0.0992 e. The van der Waals surface area contributed by atoms with Crippen LogP contribution in [0.1, 0.15) is 11.1 Å². The van der Waals surface area contributed by atoms with E-state index in [0.717, 1.165) is 11.1 Å². The van der Waals surface area contributed by atoms with Crippen molar-refractivity contribution in [3.8, 4) is 0 Å². The van der Waals surface area contributed by atoms with Gasteiger partial charge in [0.25, 0.3) is 0 Å². The summed E-state index contributed by atoms with van der Waals surface area (Å²) in [6.45, 7) is 0. The van der Waals surface area contributed by atoms with E-state index in [2.05, 4.69) is 5.10 Å². The Morgan fingerprint density at radius 1 is 1.06 bits per heavy atom. The molecule has 0 spiro atoms. The third-order valence-electron chi connectivity index (χ3n) is 2.44. The van der Waals surface area contributed by atoms with Crippen LogP contribution in [0.25, 0.3) is 0 Å². The van der Waals surface area contributed by atoms with Gasteiger partial charge in [0.1, 0.15) is 0 Å². The Balaban J connectivity index is 2.53. The molecular formula is C13H12ClN3. The number of benzene rings is 2. The third-order valence-corrected chi connectivity index (χ3v) is 2.68. The van der Waals surface area contributed by atoms with Crippen molar-refractivity contribution in [3.05, 3.63) is 64.7 Å². The number of nitrogens with two attached hydrogens (primary N) is 2. The van der Waals surface area contributed by atoms with Gasteiger partial charge in [-0.25, -0.2) is 0 Å². The van der Waals surface area contributed by atoms with Crippen molar-refractivity contribution >= 4 is 23.0 Å². The average Bonchev–Trinajstić information content (AvgIpc) is 2.33. The molecule has 3 nitrogen and oxygen atoms in total. The van der Waals surface area contributed by atoms with E-state index in [1.54, 1.807) is 12.1 Å². The molecule has 0 aliphatic rings. The maximum Gasteiger partial charge on any atom is 0.0992 e. The Labute approximate surface area is 105 Å². The van der Waals surface area contributed by atoms with Crippen molar-refractivity contribution in [2.24, 2.45) is 10.9 Å². The maximum atomic E-state index is 5.95. The van der Waals surface area contributed by atoms with Gasteiger partial charge in [-0.1, -0.05) is 41.9 Å². The lowest BCUT2D eigenvalue weighted by atomic mass is 10.0. The molecule has 0 amide bonds. The molecule has 2 aromatic carbocycles. The van der Waals surface area contributed by atoms with Crippen molar-refractivity contribution in [2.45, 2.75) is 0 Å². The van der Waals surface area contributed by atoms with Crippen LogP contribution in [0.4, 0.5) is 5.69 Å². The molecule has 0 saturated heterocycles. The molecule has 0 atom stereocenters. The molecule has 86 valence electrons. The Hall–Kier alpha value is -2.00. The second-order valence-electron chi connectivity index (χ2n) is 3.58. The highest BCUT2D eigenvalue weighted by Crippen LogP contribution is 2.19. The van der Waals surface area contributed by atoms with Gasteiger partial charge in [-0.2, -0.15) is 5.10 Å². The summed E-state index contributed by atoms with van der Waals surface area (Å²) in [5, 5.41) is 4.45. The lowest BCUT2D eigenvalue weighted by molar-refractivity contribution is 1.24. The lowest BCUT2D eigenvalue weighted by Gasteiger charge is -2.08. The quantitative estimate of drug-likeness (QED) is 0.370. The van der Waals surface area contributed by atoms with Crippen LogP contribution in [0.3, 0.4) is 0 Å². The number of rotatable bonds is 2. The minimum atomic E-state index is 0.630. The second kappa shape index (κ2) is 4.89. The van der Waals surface area contributed by atoms with Gasteiger partial charge in [-0.05, 0) is 18.2 Å². The van der Waals surface area contributed by atoms with Gasteiger partial charge in [0, 0.05) is 21.8 Å². The highest BCUT2D eigenvalue weighted by molar-refractivity contribution is 6.31. The Morgan fingerprint density at radius 2 is 1.82 bits per heavy atom. The second-order valence-corrected chi connectivity index (χ2v) is 4.01. The zero-order valence-corrected chi connectivity index (χ0v) is 9.85. The van der Waals surface area contributed by atoms with Gasteiger partial charge in [-0.3, -0.25) is 0 Å². The summed E-state index contributed by atoms with van der Waals surface area (Å²) in [5.74, 6) is 5.45. The largest absolute Gasteiger partial charge is 0.398 e.